The van der Waals surface area contributed by atoms with E-state index in [1.165, 1.54) is 0 Å². The number of nitrogen functional groups attached to an aromatic ring is 1. The van der Waals surface area contributed by atoms with Gasteiger partial charge in [-0.1, -0.05) is 0 Å². The fourth-order valence-corrected chi connectivity index (χ4v) is 3.39. The highest BCUT2D eigenvalue weighted by atomic mass is 16.5. The first-order valence-corrected chi connectivity index (χ1v) is 8.69. The van der Waals surface area contributed by atoms with Gasteiger partial charge < -0.3 is 20.1 Å². The van der Waals surface area contributed by atoms with Gasteiger partial charge in [0.1, 0.15) is 0 Å². The predicted molar refractivity (Wildman–Crippen MR) is 94.4 cm³/mol. The Morgan fingerprint density at radius 3 is 2.42 bits per heavy atom. The first-order chi connectivity index (χ1) is 11.8. The Kier molecular flexibility index (Phi) is 4.55. The molecule has 7 nitrogen and oxygen atoms in total. The molecule has 0 bridgehead atoms. The van der Waals surface area contributed by atoms with Crippen molar-refractivity contribution in [3.05, 3.63) is 18.3 Å². The molecule has 2 aliphatic heterocycles. The molecule has 1 aromatic heterocycles. The lowest BCUT2D eigenvalue weighted by Gasteiger charge is -2.29. The average molecular weight is 331 g/mol. The maximum atomic E-state index is 6.28. The van der Waals surface area contributed by atoms with E-state index in [-0.39, 0.29) is 0 Å². The van der Waals surface area contributed by atoms with Gasteiger partial charge in [0.2, 0.25) is 0 Å². The zero-order chi connectivity index (χ0) is 16.4. The van der Waals surface area contributed by atoms with Crippen LogP contribution < -0.4 is 10.6 Å². The molecule has 4 rings (SSSR count). The number of hydrogen-bond acceptors (Lipinski definition) is 6. The van der Waals surface area contributed by atoms with Gasteiger partial charge >= 0.3 is 0 Å². The summed E-state index contributed by atoms with van der Waals surface area (Å²) >= 11 is 0. The number of morpholine rings is 2. The van der Waals surface area contributed by atoms with E-state index in [0.717, 1.165) is 88.0 Å². The molecular weight excluding hydrogens is 306 g/mol. The van der Waals surface area contributed by atoms with Crippen LogP contribution >= 0.6 is 0 Å². The third kappa shape index (κ3) is 3.33. The molecule has 0 amide bonds. The van der Waals surface area contributed by atoms with Crippen LogP contribution in [0.4, 0.5) is 11.4 Å². The molecule has 2 fully saturated rings. The first kappa shape index (κ1) is 15.7. The maximum Gasteiger partial charge on any atom is 0.0945 e. The van der Waals surface area contributed by atoms with Gasteiger partial charge in [-0.25, -0.2) is 0 Å². The third-order valence-electron chi connectivity index (χ3n) is 4.80. The van der Waals surface area contributed by atoms with E-state index < -0.39 is 0 Å². The van der Waals surface area contributed by atoms with Gasteiger partial charge in [-0.2, -0.15) is 5.10 Å². The molecule has 2 aromatic rings. The second-order valence-corrected chi connectivity index (χ2v) is 6.42. The lowest BCUT2D eigenvalue weighted by atomic mass is 10.2. The Bertz CT molecular complexity index is 690. The van der Waals surface area contributed by atoms with Crippen molar-refractivity contribution in [1.29, 1.82) is 0 Å². The van der Waals surface area contributed by atoms with Gasteiger partial charge in [0, 0.05) is 44.3 Å². The van der Waals surface area contributed by atoms with Crippen LogP contribution in [0.1, 0.15) is 0 Å². The molecule has 1 aromatic carbocycles. The average Bonchev–Trinajstić information content (AvgIpc) is 3.02. The summed E-state index contributed by atoms with van der Waals surface area (Å²) in [6.45, 7) is 8.85. The molecule has 0 aliphatic carbocycles. The second-order valence-electron chi connectivity index (χ2n) is 6.42. The fourth-order valence-electron chi connectivity index (χ4n) is 3.39. The normalized spacial score (nSPS) is 19.9. The molecule has 24 heavy (non-hydrogen) atoms. The van der Waals surface area contributed by atoms with E-state index in [1.807, 2.05) is 10.7 Å². The van der Waals surface area contributed by atoms with Crippen LogP contribution in [0.2, 0.25) is 0 Å². The number of nitrogens with two attached hydrogens (primary N) is 1. The van der Waals surface area contributed by atoms with Crippen molar-refractivity contribution in [1.82, 2.24) is 14.7 Å². The van der Waals surface area contributed by atoms with E-state index >= 15 is 0 Å². The molecule has 2 saturated heterocycles. The number of rotatable bonds is 4. The van der Waals surface area contributed by atoms with Gasteiger partial charge in [0.05, 0.1) is 49.9 Å². The standard InChI is InChI=1S/C17H25N5O2/c18-15-11-14-13-22(2-1-20-3-7-23-8-4-20)19-16(14)12-17(15)21-5-9-24-10-6-21/h11-13H,1-10,18H2. The number of ether oxygens (including phenoxy) is 2. The number of fused-ring (bicyclic) bond motifs is 1. The van der Waals surface area contributed by atoms with E-state index in [9.17, 15) is 0 Å². The van der Waals surface area contributed by atoms with Crippen molar-refractivity contribution in [2.24, 2.45) is 0 Å². The molecule has 2 aliphatic rings. The lowest BCUT2D eigenvalue weighted by molar-refractivity contribution is 0.0360. The maximum absolute atomic E-state index is 6.28. The summed E-state index contributed by atoms with van der Waals surface area (Å²) in [5.74, 6) is 0. The Balaban J connectivity index is 1.49. The second kappa shape index (κ2) is 6.96. The van der Waals surface area contributed by atoms with Crippen molar-refractivity contribution < 1.29 is 9.47 Å². The molecule has 7 heteroatoms. The van der Waals surface area contributed by atoms with Crippen molar-refractivity contribution >= 4 is 22.3 Å². The fraction of sp³-hybridized carbons (Fsp3) is 0.588. The molecule has 2 N–H and O–H groups in total. The van der Waals surface area contributed by atoms with Crippen molar-refractivity contribution in [2.75, 3.05) is 69.8 Å². The van der Waals surface area contributed by atoms with Crippen LogP contribution in [-0.4, -0.2) is 73.8 Å². The summed E-state index contributed by atoms with van der Waals surface area (Å²) in [5, 5.41) is 5.84. The summed E-state index contributed by atoms with van der Waals surface area (Å²) in [4.78, 5) is 4.70. The van der Waals surface area contributed by atoms with Gasteiger partial charge in [-0.05, 0) is 12.1 Å². The van der Waals surface area contributed by atoms with Crippen LogP contribution in [0.15, 0.2) is 18.3 Å². The topological polar surface area (TPSA) is 68.8 Å². The Hall–Kier alpha value is -1.83. The Morgan fingerprint density at radius 2 is 1.67 bits per heavy atom. The SMILES string of the molecule is Nc1cc2cn(CCN3CCOCC3)nc2cc1N1CCOCC1. The van der Waals surface area contributed by atoms with E-state index in [1.54, 1.807) is 0 Å². The highest BCUT2D eigenvalue weighted by molar-refractivity contribution is 5.89. The summed E-state index contributed by atoms with van der Waals surface area (Å²) in [5.41, 5.74) is 9.17. The van der Waals surface area contributed by atoms with Crippen LogP contribution in [0.25, 0.3) is 10.9 Å². The van der Waals surface area contributed by atoms with Gasteiger partial charge in [0.25, 0.3) is 0 Å². The van der Waals surface area contributed by atoms with E-state index in [0.29, 0.717) is 0 Å². The highest BCUT2D eigenvalue weighted by Gasteiger charge is 2.16. The minimum atomic E-state index is 0.755. The largest absolute Gasteiger partial charge is 0.397 e. The summed E-state index contributed by atoms with van der Waals surface area (Å²) in [6.07, 6.45) is 2.09. The van der Waals surface area contributed by atoms with Crippen LogP contribution in [0.5, 0.6) is 0 Å². The van der Waals surface area contributed by atoms with Gasteiger partial charge in [-0.15, -0.1) is 0 Å². The van der Waals surface area contributed by atoms with Crippen LogP contribution in [-0.2, 0) is 16.0 Å². The molecular formula is C17H25N5O2. The molecule has 0 unspecified atom stereocenters. The monoisotopic (exact) mass is 331 g/mol. The third-order valence-corrected chi connectivity index (χ3v) is 4.80. The predicted octanol–water partition coefficient (Wildman–Crippen LogP) is 0.787. The number of anilines is 2. The van der Waals surface area contributed by atoms with Gasteiger partial charge in [0.15, 0.2) is 0 Å². The van der Waals surface area contributed by atoms with Crippen molar-refractivity contribution in [3.8, 4) is 0 Å². The molecule has 130 valence electrons. The number of benzene rings is 1. The molecule has 0 radical (unpaired) electrons. The van der Waals surface area contributed by atoms with Gasteiger partial charge in [-0.3, -0.25) is 9.58 Å². The zero-order valence-corrected chi connectivity index (χ0v) is 14.0. The summed E-state index contributed by atoms with van der Waals surface area (Å²) < 4.78 is 12.8. The number of nitrogens with zero attached hydrogens (tertiary/aromatic N) is 4. The Labute approximate surface area is 141 Å². The van der Waals surface area contributed by atoms with Crippen LogP contribution in [0.3, 0.4) is 0 Å². The van der Waals surface area contributed by atoms with Crippen molar-refractivity contribution in [2.45, 2.75) is 6.54 Å². The molecule has 3 heterocycles. The van der Waals surface area contributed by atoms with Crippen molar-refractivity contribution in [3.63, 3.8) is 0 Å². The van der Waals surface area contributed by atoms with E-state index in [2.05, 4.69) is 22.1 Å². The number of hydrogen-bond donors (Lipinski definition) is 1. The molecule has 0 spiro atoms. The minimum absolute atomic E-state index is 0.755. The summed E-state index contributed by atoms with van der Waals surface area (Å²) in [6, 6.07) is 4.15. The summed E-state index contributed by atoms with van der Waals surface area (Å²) in [7, 11) is 0. The lowest BCUT2D eigenvalue weighted by Crippen LogP contribution is -2.38. The minimum Gasteiger partial charge on any atom is -0.397 e. The van der Waals surface area contributed by atoms with Crippen LogP contribution in [0, 0.1) is 0 Å². The van der Waals surface area contributed by atoms with E-state index in [4.69, 9.17) is 20.3 Å². The molecule has 0 atom stereocenters. The number of aromatic nitrogens is 2. The molecule has 0 saturated carbocycles. The smallest absolute Gasteiger partial charge is 0.0945 e. The Morgan fingerprint density at radius 1 is 0.958 bits per heavy atom. The first-order valence-electron chi connectivity index (χ1n) is 8.69. The highest BCUT2D eigenvalue weighted by Crippen LogP contribution is 2.29. The quantitative estimate of drug-likeness (QED) is 0.836. The zero-order valence-electron chi connectivity index (χ0n) is 14.0.